The monoisotopic (exact) mass is 398 g/mol. The zero-order chi connectivity index (χ0) is 16.3. The Labute approximate surface area is 160 Å². The van der Waals surface area contributed by atoms with Crippen molar-refractivity contribution < 1.29 is 13.2 Å². The summed E-state index contributed by atoms with van der Waals surface area (Å²) in [6.45, 7) is 3.37. The smallest absolute Gasteiger partial charge is 0.314 e. The van der Waals surface area contributed by atoms with Gasteiger partial charge in [0.1, 0.15) is 0 Å². The molecule has 1 atom stereocenters. The highest BCUT2D eigenvalue weighted by molar-refractivity contribution is 5.85. The van der Waals surface area contributed by atoms with Crippen LogP contribution in [0.1, 0.15) is 49.3 Å². The van der Waals surface area contributed by atoms with Crippen LogP contribution in [0.2, 0.25) is 0 Å². The molecular weight excluding hydrogens is 372 g/mol. The van der Waals surface area contributed by atoms with Gasteiger partial charge in [-0.15, -0.1) is 24.8 Å². The summed E-state index contributed by atoms with van der Waals surface area (Å²) in [6, 6.07) is 6.09. The number of nitrogens with zero attached hydrogens (tertiary/aromatic N) is 1. The molecule has 0 radical (unpaired) electrons. The van der Waals surface area contributed by atoms with E-state index in [2.05, 4.69) is 10.2 Å². The number of piperazine rings is 1. The van der Waals surface area contributed by atoms with Crippen molar-refractivity contribution in [2.75, 3.05) is 26.2 Å². The van der Waals surface area contributed by atoms with Crippen molar-refractivity contribution in [3.05, 3.63) is 35.4 Å². The largest absolute Gasteiger partial charge is 0.416 e. The fourth-order valence-corrected chi connectivity index (χ4v) is 4.17. The van der Waals surface area contributed by atoms with Crippen LogP contribution >= 0.6 is 24.8 Å². The molecule has 1 heterocycles. The van der Waals surface area contributed by atoms with Gasteiger partial charge in [0.2, 0.25) is 0 Å². The molecule has 144 valence electrons. The van der Waals surface area contributed by atoms with Crippen LogP contribution in [-0.2, 0) is 6.18 Å². The molecule has 0 bridgehead atoms. The molecule has 0 amide bonds. The molecule has 1 aliphatic heterocycles. The van der Waals surface area contributed by atoms with Crippen molar-refractivity contribution in [3.63, 3.8) is 0 Å². The van der Waals surface area contributed by atoms with Crippen LogP contribution in [0.5, 0.6) is 0 Å². The minimum absolute atomic E-state index is 0. The molecule has 0 spiro atoms. The summed E-state index contributed by atoms with van der Waals surface area (Å²) in [6.07, 6.45) is 1.30. The molecule has 25 heavy (non-hydrogen) atoms. The standard InChI is InChI=1S/C18H25F3N2.2ClH/c19-18(20,21)16-9-5-4-8-15(16)17(14-6-2-1-3-7-14)23-12-10-22-11-13-23;;/h4-5,8-9,14,17,22H,1-3,6-7,10-13H2;2*1H/t17-;;/m0../s1. The number of alkyl halides is 3. The van der Waals surface area contributed by atoms with E-state index in [1.54, 1.807) is 12.1 Å². The summed E-state index contributed by atoms with van der Waals surface area (Å²) in [7, 11) is 0. The summed E-state index contributed by atoms with van der Waals surface area (Å²) in [5.74, 6) is 0.338. The molecule has 0 aromatic heterocycles. The molecule has 1 aromatic carbocycles. The Morgan fingerprint density at radius 2 is 1.56 bits per heavy atom. The summed E-state index contributed by atoms with van der Waals surface area (Å²) in [4.78, 5) is 2.27. The Balaban J connectivity index is 0.00000156. The Morgan fingerprint density at radius 3 is 2.16 bits per heavy atom. The molecule has 2 aliphatic rings. The average Bonchev–Trinajstić information content (AvgIpc) is 2.57. The Hall–Kier alpha value is -0.490. The van der Waals surface area contributed by atoms with Gasteiger partial charge in [0.15, 0.2) is 0 Å². The number of hydrogen-bond acceptors (Lipinski definition) is 2. The van der Waals surface area contributed by atoms with Gasteiger partial charge in [-0.2, -0.15) is 13.2 Å². The average molecular weight is 399 g/mol. The van der Waals surface area contributed by atoms with E-state index in [1.165, 1.54) is 18.6 Å². The molecule has 0 unspecified atom stereocenters. The van der Waals surface area contributed by atoms with Gasteiger partial charge < -0.3 is 5.32 Å². The molecule has 1 aliphatic carbocycles. The molecule has 1 aromatic rings. The first kappa shape index (κ1) is 22.6. The normalized spacial score (nSPS) is 21.1. The van der Waals surface area contributed by atoms with E-state index in [0.29, 0.717) is 11.5 Å². The van der Waals surface area contributed by atoms with Crippen LogP contribution < -0.4 is 5.32 Å². The highest BCUT2D eigenvalue weighted by Gasteiger charge is 2.39. The summed E-state index contributed by atoms with van der Waals surface area (Å²) in [5, 5.41) is 3.30. The third-order valence-electron chi connectivity index (χ3n) is 5.23. The summed E-state index contributed by atoms with van der Waals surface area (Å²) in [5.41, 5.74) is 0.0305. The van der Waals surface area contributed by atoms with Crippen LogP contribution in [0.15, 0.2) is 24.3 Å². The number of nitrogens with one attached hydrogen (secondary N) is 1. The first-order valence-corrected chi connectivity index (χ1v) is 8.68. The highest BCUT2D eigenvalue weighted by atomic mass is 35.5. The lowest BCUT2D eigenvalue weighted by Crippen LogP contribution is -2.47. The van der Waals surface area contributed by atoms with Crippen molar-refractivity contribution in [3.8, 4) is 0 Å². The summed E-state index contributed by atoms with van der Waals surface area (Å²) < 4.78 is 40.5. The summed E-state index contributed by atoms with van der Waals surface area (Å²) >= 11 is 0. The number of halogens is 5. The fraction of sp³-hybridized carbons (Fsp3) is 0.667. The van der Waals surface area contributed by atoms with Crippen molar-refractivity contribution >= 4 is 24.8 Å². The van der Waals surface area contributed by atoms with Gasteiger partial charge in [0.05, 0.1) is 5.56 Å². The molecule has 2 fully saturated rings. The van der Waals surface area contributed by atoms with Crippen LogP contribution in [0.3, 0.4) is 0 Å². The van der Waals surface area contributed by atoms with E-state index in [4.69, 9.17) is 0 Å². The predicted octanol–water partition coefficient (Wildman–Crippen LogP) is 5.08. The Morgan fingerprint density at radius 1 is 0.960 bits per heavy atom. The van der Waals surface area contributed by atoms with Gasteiger partial charge in [-0.05, 0) is 30.4 Å². The maximum absolute atomic E-state index is 13.5. The molecule has 7 heteroatoms. The topological polar surface area (TPSA) is 15.3 Å². The van der Waals surface area contributed by atoms with E-state index < -0.39 is 11.7 Å². The minimum Gasteiger partial charge on any atom is -0.314 e. The predicted molar refractivity (Wildman–Crippen MR) is 99.7 cm³/mol. The SMILES string of the molecule is Cl.Cl.FC(F)(F)c1ccccc1[C@H](C1CCCCC1)N1CCNCC1. The number of rotatable bonds is 3. The lowest BCUT2D eigenvalue weighted by Gasteiger charge is -2.42. The zero-order valence-electron chi connectivity index (χ0n) is 14.2. The van der Waals surface area contributed by atoms with Crippen molar-refractivity contribution in [1.29, 1.82) is 0 Å². The van der Waals surface area contributed by atoms with Gasteiger partial charge in [-0.25, -0.2) is 0 Å². The van der Waals surface area contributed by atoms with Gasteiger partial charge in [-0.1, -0.05) is 37.5 Å². The van der Waals surface area contributed by atoms with Crippen LogP contribution in [0.25, 0.3) is 0 Å². The van der Waals surface area contributed by atoms with Gasteiger partial charge in [0, 0.05) is 32.2 Å². The van der Waals surface area contributed by atoms with Crippen LogP contribution in [0.4, 0.5) is 13.2 Å². The van der Waals surface area contributed by atoms with E-state index in [0.717, 1.165) is 51.9 Å². The Bertz CT molecular complexity index is 495. The molecule has 3 rings (SSSR count). The van der Waals surface area contributed by atoms with E-state index in [1.807, 2.05) is 0 Å². The lowest BCUT2D eigenvalue weighted by molar-refractivity contribution is -0.139. The second-order valence-corrected chi connectivity index (χ2v) is 6.71. The third-order valence-corrected chi connectivity index (χ3v) is 5.23. The zero-order valence-corrected chi connectivity index (χ0v) is 15.9. The minimum atomic E-state index is -4.28. The number of benzene rings is 1. The van der Waals surface area contributed by atoms with Gasteiger partial charge in [0.25, 0.3) is 0 Å². The first-order valence-electron chi connectivity index (χ1n) is 8.68. The van der Waals surface area contributed by atoms with Gasteiger partial charge >= 0.3 is 6.18 Å². The molecule has 1 saturated heterocycles. The number of hydrogen-bond donors (Lipinski definition) is 1. The second kappa shape index (κ2) is 10.0. The van der Waals surface area contributed by atoms with Crippen LogP contribution in [-0.4, -0.2) is 31.1 Å². The maximum Gasteiger partial charge on any atom is 0.416 e. The van der Waals surface area contributed by atoms with Crippen molar-refractivity contribution in [1.82, 2.24) is 10.2 Å². The van der Waals surface area contributed by atoms with Gasteiger partial charge in [-0.3, -0.25) is 4.90 Å². The fourth-order valence-electron chi connectivity index (χ4n) is 4.17. The lowest BCUT2D eigenvalue weighted by atomic mass is 9.79. The molecular formula is C18H27Cl2F3N2. The molecule has 1 saturated carbocycles. The third kappa shape index (κ3) is 5.49. The maximum atomic E-state index is 13.5. The Kier molecular flexibility index (Phi) is 9.02. The first-order chi connectivity index (χ1) is 11.1. The van der Waals surface area contributed by atoms with E-state index in [-0.39, 0.29) is 30.9 Å². The highest BCUT2D eigenvalue weighted by Crippen LogP contribution is 2.43. The second-order valence-electron chi connectivity index (χ2n) is 6.71. The molecule has 1 N–H and O–H groups in total. The molecule has 2 nitrogen and oxygen atoms in total. The van der Waals surface area contributed by atoms with Crippen LogP contribution in [0, 0.1) is 5.92 Å². The van der Waals surface area contributed by atoms with E-state index >= 15 is 0 Å². The van der Waals surface area contributed by atoms with Crippen molar-refractivity contribution in [2.45, 2.75) is 44.3 Å². The van der Waals surface area contributed by atoms with Crippen molar-refractivity contribution in [2.24, 2.45) is 5.92 Å². The van der Waals surface area contributed by atoms with E-state index in [9.17, 15) is 13.2 Å². The quantitative estimate of drug-likeness (QED) is 0.763.